The highest BCUT2D eigenvalue weighted by Gasteiger charge is 2.36. The molecule has 0 saturated carbocycles. The van der Waals surface area contributed by atoms with Gasteiger partial charge in [0.15, 0.2) is 5.84 Å². The van der Waals surface area contributed by atoms with Crippen molar-refractivity contribution in [1.29, 1.82) is 0 Å². The third-order valence-electron chi connectivity index (χ3n) is 4.81. The average Bonchev–Trinajstić information content (AvgIpc) is 2.75. The van der Waals surface area contributed by atoms with Gasteiger partial charge < -0.3 is 9.80 Å². The predicted molar refractivity (Wildman–Crippen MR) is 116 cm³/mol. The standard InChI is InChI=1S/C21H21N7O2/c1-27(2)15-9-7-14(8-10-15)12-23-24-19(29)11-18-21(30)26-25-20-16-5-3-4-6-17(16)22-13-28(18)20/h3-10,12-13,18H,11H2,1-2H3,(H,24,29)(H,26,30). The maximum atomic E-state index is 12.4. The van der Waals surface area contributed by atoms with Gasteiger partial charge in [0.25, 0.3) is 5.91 Å². The minimum Gasteiger partial charge on any atom is -0.378 e. The van der Waals surface area contributed by atoms with Crippen molar-refractivity contribution in [3.63, 3.8) is 0 Å². The number of carbonyl (C=O) groups excluding carboxylic acids is 2. The normalized spacial score (nSPS) is 17.1. The highest BCUT2D eigenvalue weighted by atomic mass is 16.2. The summed E-state index contributed by atoms with van der Waals surface area (Å²) in [6.45, 7) is 0. The van der Waals surface area contributed by atoms with Crippen molar-refractivity contribution in [3.8, 4) is 0 Å². The maximum Gasteiger partial charge on any atom is 0.263 e. The Morgan fingerprint density at radius 2 is 2.00 bits per heavy atom. The number of benzene rings is 2. The van der Waals surface area contributed by atoms with E-state index in [0.717, 1.165) is 22.5 Å². The zero-order chi connectivity index (χ0) is 21.1. The summed E-state index contributed by atoms with van der Waals surface area (Å²) < 4.78 is 0. The Morgan fingerprint density at radius 1 is 1.23 bits per heavy atom. The Labute approximate surface area is 173 Å². The van der Waals surface area contributed by atoms with Crippen LogP contribution < -0.4 is 15.8 Å². The van der Waals surface area contributed by atoms with Crippen LogP contribution in [0.5, 0.6) is 0 Å². The molecule has 2 amide bonds. The minimum absolute atomic E-state index is 0.0874. The number of hydrazone groups is 2. The molecule has 2 heterocycles. The van der Waals surface area contributed by atoms with E-state index in [1.807, 2.05) is 67.5 Å². The third kappa shape index (κ3) is 3.90. The first-order valence-corrected chi connectivity index (χ1v) is 9.41. The maximum absolute atomic E-state index is 12.4. The summed E-state index contributed by atoms with van der Waals surface area (Å²) in [5.41, 5.74) is 8.46. The Bertz CT molecular complexity index is 1060. The van der Waals surface area contributed by atoms with Gasteiger partial charge in [-0.05, 0) is 29.8 Å². The second-order valence-electron chi connectivity index (χ2n) is 7.08. The second kappa shape index (κ2) is 8.16. The Morgan fingerprint density at radius 3 is 2.77 bits per heavy atom. The lowest BCUT2D eigenvalue weighted by Crippen LogP contribution is -2.55. The number of nitrogens with zero attached hydrogens (tertiary/aromatic N) is 5. The van der Waals surface area contributed by atoms with E-state index in [-0.39, 0.29) is 18.2 Å². The van der Waals surface area contributed by atoms with Crippen molar-refractivity contribution in [1.82, 2.24) is 15.8 Å². The molecule has 9 heteroatoms. The quantitative estimate of drug-likeness (QED) is 0.582. The predicted octanol–water partition coefficient (Wildman–Crippen LogP) is 1.43. The number of amidine groups is 1. The molecule has 1 atom stereocenters. The van der Waals surface area contributed by atoms with Crippen LogP contribution >= 0.6 is 0 Å². The van der Waals surface area contributed by atoms with E-state index in [0.29, 0.717) is 5.84 Å². The molecule has 152 valence electrons. The highest BCUT2D eigenvalue weighted by molar-refractivity contribution is 6.14. The van der Waals surface area contributed by atoms with E-state index in [2.05, 4.69) is 26.0 Å². The molecule has 0 aromatic heterocycles. The number of hydrogen-bond acceptors (Lipinski definition) is 7. The van der Waals surface area contributed by atoms with Gasteiger partial charge in [-0.1, -0.05) is 24.3 Å². The number of anilines is 1. The van der Waals surface area contributed by atoms with E-state index in [1.165, 1.54) is 6.34 Å². The second-order valence-corrected chi connectivity index (χ2v) is 7.08. The van der Waals surface area contributed by atoms with Crippen LogP contribution in [0.25, 0.3) is 0 Å². The lowest BCUT2D eigenvalue weighted by atomic mass is 10.1. The van der Waals surface area contributed by atoms with Crippen molar-refractivity contribution in [2.24, 2.45) is 15.2 Å². The molecule has 2 aliphatic heterocycles. The molecule has 9 nitrogen and oxygen atoms in total. The molecule has 0 fully saturated rings. The number of aliphatic imine (C=N–C) groups is 1. The molecule has 4 rings (SSSR count). The minimum atomic E-state index is -0.760. The van der Waals surface area contributed by atoms with Crippen LogP contribution in [0.1, 0.15) is 17.5 Å². The molecular formula is C21H21N7O2. The van der Waals surface area contributed by atoms with E-state index in [4.69, 9.17) is 0 Å². The molecule has 0 aliphatic carbocycles. The van der Waals surface area contributed by atoms with Gasteiger partial charge in [-0.3, -0.25) is 9.59 Å². The third-order valence-corrected chi connectivity index (χ3v) is 4.81. The van der Waals surface area contributed by atoms with Crippen LogP contribution in [0.3, 0.4) is 0 Å². The molecular weight excluding hydrogens is 382 g/mol. The molecule has 30 heavy (non-hydrogen) atoms. The summed E-state index contributed by atoms with van der Waals surface area (Å²) in [5, 5.41) is 8.13. The van der Waals surface area contributed by atoms with Crippen LogP contribution in [0.15, 0.2) is 63.7 Å². The Hall–Kier alpha value is -4.01. The van der Waals surface area contributed by atoms with Gasteiger partial charge in [-0.25, -0.2) is 15.8 Å². The van der Waals surface area contributed by atoms with Crippen LogP contribution in [0, 0.1) is 0 Å². The zero-order valence-electron chi connectivity index (χ0n) is 16.6. The fourth-order valence-corrected chi connectivity index (χ4v) is 3.20. The van der Waals surface area contributed by atoms with Gasteiger partial charge in [0.1, 0.15) is 6.04 Å². The largest absolute Gasteiger partial charge is 0.378 e. The van der Waals surface area contributed by atoms with E-state index >= 15 is 0 Å². The fourth-order valence-electron chi connectivity index (χ4n) is 3.20. The van der Waals surface area contributed by atoms with Gasteiger partial charge in [0.05, 0.1) is 24.7 Å². The van der Waals surface area contributed by atoms with Gasteiger partial charge in [0.2, 0.25) is 5.91 Å². The van der Waals surface area contributed by atoms with Crippen LogP contribution in [0.4, 0.5) is 11.4 Å². The first-order valence-electron chi connectivity index (χ1n) is 9.41. The zero-order valence-corrected chi connectivity index (χ0v) is 16.6. The SMILES string of the molecule is CN(C)c1ccc(C=NNC(=O)CC2C(=O)NN=C3c4ccccc4N=CN32)cc1. The van der Waals surface area contributed by atoms with Gasteiger partial charge >= 0.3 is 0 Å². The Balaban J connectivity index is 1.41. The molecule has 2 N–H and O–H groups in total. The topological polar surface area (TPSA) is 102 Å². The molecule has 0 bridgehead atoms. The fraction of sp³-hybridized carbons (Fsp3) is 0.190. The Kier molecular flexibility index (Phi) is 5.25. The number of rotatable bonds is 5. The van der Waals surface area contributed by atoms with Crippen molar-refractivity contribution in [3.05, 3.63) is 59.7 Å². The number of nitrogens with one attached hydrogen (secondary N) is 2. The van der Waals surface area contributed by atoms with Crippen molar-refractivity contribution in [2.75, 3.05) is 19.0 Å². The van der Waals surface area contributed by atoms with E-state index in [9.17, 15) is 9.59 Å². The number of carbonyl (C=O) groups is 2. The van der Waals surface area contributed by atoms with Crippen molar-refractivity contribution >= 4 is 41.6 Å². The first-order chi connectivity index (χ1) is 14.5. The number of para-hydroxylation sites is 1. The summed E-state index contributed by atoms with van der Waals surface area (Å²) in [7, 11) is 3.93. The van der Waals surface area contributed by atoms with Gasteiger partial charge in [-0.2, -0.15) is 10.2 Å². The lowest BCUT2D eigenvalue weighted by Gasteiger charge is -2.34. The summed E-state index contributed by atoms with van der Waals surface area (Å²) in [4.78, 5) is 32.7. The summed E-state index contributed by atoms with van der Waals surface area (Å²) in [5.74, 6) is -0.199. The summed E-state index contributed by atoms with van der Waals surface area (Å²) in [6, 6.07) is 14.5. The number of amides is 2. The van der Waals surface area contributed by atoms with E-state index < -0.39 is 6.04 Å². The molecule has 0 spiro atoms. The smallest absolute Gasteiger partial charge is 0.263 e. The highest BCUT2D eigenvalue weighted by Crippen LogP contribution is 2.27. The number of fused-ring (bicyclic) bond motifs is 3. The van der Waals surface area contributed by atoms with Crippen LogP contribution in [-0.4, -0.2) is 55.2 Å². The van der Waals surface area contributed by atoms with Crippen molar-refractivity contribution < 1.29 is 9.59 Å². The van der Waals surface area contributed by atoms with Gasteiger partial charge in [-0.15, -0.1) is 0 Å². The lowest BCUT2D eigenvalue weighted by molar-refractivity contribution is -0.130. The molecule has 2 aromatic rings. The number of hydrogen-bond donors (Lipinski definition) is 2. The van der Waals surface area contributed by atoms with Crippen molar-refractivity contribution in [2.45, 2.75) is 12.5 Å². The molecule has 2 aromatic carbocycles. The molecule has 2 aliphatic rings. The molecule has 0 radical (unpaired) electrons. The van der Waals surface area contributed by atoms with Gasteiger partial charge in [0, 0.05) is 25.3 Å². The molecule has 0 saturated heterocycles. The summed E-state index contributed by atoms with van der Waals surface area (Å²) in [6.07, 6.45) is 3.01. The van der Waals surface area contributed by atoms with Crippen LogP contribution in [0.2, 0.25) is 0 Å². The first kappa shape index (κ1) is 19.3. The van der Waals surface area contributed by atoms with E-state index in [1.54, 1.807) is 11.1 Å². The monoisotopic (exact) mass is 403 g/mol. The van der Waals surface area contributed by atoms with Crippen LogP contribution in [-0.2, 0) is 9.59 Å². The summed E-state index contributed by atoms with van der Waals surface area (Å²) >= 11 is 0. The average molecular weight is 403 g/mol. The molecule has 1 unspecified atom stereocenters.